The van der Waals surface area contributed by atoms with Gasteiger partial charge < -0.3 is 10.1 Å². The zero-order valence-electron chi connectivity index (χ0n) is 11.2. The predicted octanol–water partition coefficient (Wildman–Crippen LogP) is 3.16. The maximum absolute atomic E-state index is 12.2. The number of alkyl halides is 2. The summed E-state index contributed by atoms with van der Waals surface area (Å²) in [6, 6.07) is 7.04. The van der Waals surface area contributed by atoms with Gasteiger partial charge >= 0.3 is 0 Å². The van der Waals surface area contributed by atoms with E-state index in [0.717, 1.165) is 12.1 Å². The lowest BCUT2D eigenvalue weighted by atomic mass is 10.2. The van der Waals surface area contributed by atoms with Crippen molar-refractivity contribution >= 4 is 5.69 Å². The van der Waals surface area contributed by atoms with Crippen LogP contribution in [-0.4, -0.2) is 22.8 Å². The van der Waals surface area contributed by atoms with Gasteiger partial charge in [-0.25, -0.2) is 8.78 Å². The molecule has 0 aliphatic heterocycles. The molecule has 0 amide bonds. The molecular formula is C14H17F2N3O. The van der Waals surface area contributed by atoms with Crippen molar-refractivity contribution in [1.82, 2.24) is 9.78 Å². The highest BCUT2D eigenvalue weighted by Crippen LogP contribution is 2.24. The number of ether oxygens (including phenoxy) is 1. The molecule has 20 heavy (non-hydrogen) atoms. The van der Waals surface area contributed by atoms with Gasteiger partial charge in [-0.05, 0) is 19.1 Å². The largest absolute Gasteiger partial charge is 0.485 e. The molecule has 108 valence electrons. The first-order valence-corrected chi connectivity index (χ1v) is 6.44. The molecule has 0 aliphatic rings. The molecule has 6 heteroatoms. The number of para-hydroxylation sites is 2. The van der Waals surface area contributed by atoms with Gasteiger partial charge in [-0.15, -0.1) is 0 Å². The Bertz CT molecular complexity index is 543. The smallest absolute Gasteiger partial charge is 0.272 e. The summed E-state index contributed by atoms with van der Waals surface area (Å²) in [6.45, 7) is 2.79. The van der Waals surface area contributed by atoms with Gasteiger partial charge in [-0.3, -0.25) is 4.68 Å². The summed E-state index contributed by atoms with van der Waals surface area (Å²) < 4.78 is 31.3. The quantitative estimate of drug-likeness (QED) is 0.847. The Morgan fingerprint density at radius 2 is 2.15 bits per heavy atom. The maximum Gasteiger partial charge on any atom is 0.272 e. The minimum absolute atomic E-state index is 0.427. The lowest BCUT2D eigenvalue weighted by Gasteiger charge is -2.12. The Hall–Kier alpha value is -2.11. The van der Waals surface area contributed by atoms with Crippen LogP contribution in [0.4, 0.5) is 14.5 Å². The summed E-state index contributed by atoms with van der Waals surface area (Å²) in [5.74, 6) is 0.427. The topological polar surface area (TPSA) is 39.1 Å². The number of halogens is 2. The van der Waals surface area contributed by atoms with E-state index in [2.05, 4.69) is 10.4 Å². The summed E-state index contributed by atoms with van der Waals surface area (Å²) in [5.41, 5.74) is 1.72. The summed E-state index contributed by atoms with van der Waals surface area (Å²) >= 11 is 0. The average molecular weight is 281 g/mol. The molecular weight excluding hydrogens is 264 g/mol. The van der Waals surface area contributed by atoms with Gasteiger partial charge in [0.25, 0.3) is 6.43 Å². The number of aromatic nitrogens is 2. The second kappa shape index (κ2) is 6.88. The van der Waals surface area contributed by atoms with Crippen LogP contribution >= 0.6 is 0 Å². The van der Waals surface area contributed by atoms with Gasteiger partial charge in [0.1, 0.15) is 12.4 Å². The number of hydrogen-bond acceptors (Lipinski definition) is 3. The Morgan fingerprint density at radius 3 is 2.85 bits per heavy atom. The Kier molecular flexibility index (Phi) is 4.92. The molecule has 1 N–H and O–H groups in total. The van der Waals surface area contributed by atoms with Crippen molar-refractivity contribution < 1.29 is 13.5 Å². The van der Waals surface area contributed by atoms with E-state index >= 15 is 0 Å². The van der Waals surface area contributed by atoms with Crippen molar-refractivity contribution in [2.24, 2.45) is 0 Å². The minimum Gasteiger partial charge on any atom is -0.485 e. The van der Waals surface area contributed by atoms with Gasteiger partial charge in [0.05, 0.1) is 11.9 Å². The molecule has 0 fully saturated rings. The number of benzene rings is 1. The van der Waals surface area contributed by atoms with E-state index < -0.39 is 13.0 Å². The highest BCUT2D eigenvalue weighted by Gasteiger charge is 2.07. The molecule has 2 aromatic rings. The highest BCUT2D eigenvalue weighted by atomic mass is 19.3. The van der Waals surface area contributed by atoms with E-state index in [4.69, 9.17) is 4.74 Å². The third kappa shape index (κ3) is 3.94. The van der Waals surface area contributed by atoms with E-state index in [0.29, 0.717) is 18.0 Å². The first-order valence-electron chi connectivity index (χ1n) is 6.44. The fraction of sp³-hybridized carbons (Fsp3) is 0.357. The van der Waals surface area contributed by atoms with Gasteiger partial charge in [0, 0.05) is 24.8 Å². The van der Waals surface area contributed by atoms with E-state index in [-0.39, 0.29) is 0 Å². The van der Waals surface area contributed by atoms with Crippen LogP contribution < -0.4 is 10.1 Å². The third-order valence-corrected chi connectivity index (χ3v) is 2.75. The van der Waals surface area contributed by atoms with Gasteiger partial charge in [-0.2, -0.15) is 5.10 Å². The van der Waals surface area contributed by atoms with Crippen molar-refractivity contribution in [3.63, 3.8) is 0 Å². The minimum atomic E-state index is -2.48. The second-order valence-electron chi connectivity index (χ2n) is 4.26. The van der Waals surface area contributed by atoms with Crippen molar-refractivity contribution in [3.8, 4) is 5.75 Å². The van der Waals surface area contributed by atoms with Crippen LogP contribution in [0.25, 0.3) is 0 Å². The van der Waals surface area contributed by atoms with Crippen molar-refractivity contribution in [1.29, 1.82) is 0 Å². The summed E-state index contributed by atoms with van der Waals surface area (Å²) in [4.78, 5) is 0. The molecule has 0 atom stereocenters. The number of rotatable bonds is 7. The van der Waals surface area contributed by atoms with Gasteiger partial charge in [0.15, 0.2) is 0 Å². The Morgan fingerprint density at radius 1 is 1.35 bits per heavy atom. The molecule has 0 unspecified atom stereocenters. The number of anilines is 1. The molecule has 0 aliphatic carbocycles. The highest BCUT2D eigenvalue weighted by molar-refractivity contribution is 5.56. The van der Waals surface area contributed by atoms with Crippen LogP contribution in [0, 0.1) is 0 Å². The molecule has 2 rings (SSSR count). The fourth-order valence-electron chi connectivity index (χ4n) is 1.76. The SMILES string of the molecule is CCn1cc(CNc2ccccc2OCC(F)F)cn1. The van der Waals surface area contributed by atoms with Crippen LogP contribution in [0.2, 0.25) is 0 Å². The molecule has 1 aromatic carbocycles. The molecule has 0 radical (unpaired) electrons. The first kappa shape index (κ1) is 14.3. The van der Waals surface area contributed by atoms with Gasteiger partial charge in [-0.1, -0.05) is 12.1 Å². The molecule has 1 heterocycles. The molecule has 0 spiro atoms. The average Bonchev–Trinajstić information content (AvgIpc) is 2.91. The number of hydrogen-bond donors (Lipinski definition) is 1. The van der Waals surface area contributed by atoms with Crippen LogP contribution in [0.3, 0.4) is 0 Å². The Balaban J connectivity index is 1.97. The van der Waals surface area contributed by atoms with Crippen molar-refractivity contribution in [3.05, 3.63) is 42.2 Å². The molecule has 4 nitrogen and oxygen atoms in total. The van der Waals surface area contributed by atoms with Crippen molar-refractivity contribution in [2.45, 2.75) is 26.4 Å². The van der Waals surface area contributed by atoms with E-state index in [9.17, 15) is 8.78 Å². The monoisotopic (exact) mass is 281 g/mol. The van der Waals surface area contributed by atoms with Crippen LogP contribution in [-0.2, 0) is 13.1 Å². The van der Waals surface area contributed by atoms with E-state index in [1.807, 2.05) is 23.9 Å². The first-order chi connectivity index (χ1) is 9.69. The molecule has 0 saturated carbocycles. The Labute approximate surface area is 116 Å². The number of nitrogens with one attached hydrogen (secondary N) is 1. The predicted molar refractivity (Wildman–Crippen MR) is 73.2 cm³/mol. The summed E-state index contributed by atoms with van der Waals surface area (Å²) in [7, 11) is 0. The fourth-order valence-corrected chi connectivity index (χ4v) is 1.76. The van der Waals surface area contributed by atoms with Crippen LogP contribution in [0.1, 0.15) is 12.5 Å². The van der Waals surface area contributed by atoms with E-state index in [1.54, 1.807) is 24.4 Å². The zero-order valence-corrected chi connectivity index (χ0v) is 11.2. The van der Waals surface area contributed by atoms with Crippen molar-refractivity contribution in [2.75, 3.05) is 11.9 Å². The standard InChI is InChI=1S/C14H17F2N3O/c1-2-19-9-11(8-18-19)7-17-12-5-3-4-6-13(12)20-10-14(15)16/h3-6,8-9,14,17H,2,7,10H2,1H3. The molecule has 0 saturated heterocycles. The van der Waals surface area contributed by atoms with Gasteiger partial charge in [0.2, 0.25) is 0 Å². The molecule has 1 aromatic heterocycles. The molecule has 0 bridgehead atoms. The lowest BCUT2D eigenvalue weighted by Crippen LogP contribution is -2.09. The number of aryl methyl sites for hydroxylation is 1. The number of nitrogens with zero attached hydrogens (tertiary/aromatic N) is 2. The van der Waals surface area contributed by atoms with Crippen LogP contribution in [0.5, 0.6) is 5.75 Å². The lowest BCUT2D eigenvalue weighted by molar-refractivity contribution is 0.0822. The zero-order chi connectivity index (χ0) is 14.4. The summed E-state index contributed by atoms with van der Waals surface area (Å²) in [6.07, 6.45) is 1.24. The summed E-state index contributed by atoms with van der Waals surface area (Å²) in [5, 5.41) is 7.34. The maximum atomic E-state index is 12.2. The third-order valence-electron chi connectivity index (χ3n) is 2.75. The van der Waals surface area contributed by atoms with Crippen LogP contribution in [0.15, 0.2) is 36.7 Å². The van der Waals surface area contributed by atoms with E-state index in [1.165, 1.54) is 0 Å². The second-order valence-corrected chi connectivity index (χ2v) is 4.26. The normalized spacial score (nSPS) is 10.8.